The number of rotatable bonds is 7. The van der Waals surface area contributed by atoms with Gasteiger partial charge in [-0.1, -0.05) is 72.4 Å². The highest BCUT2D eigenvalue weighted by Crippen LogP contribution is 2.22. The third-order valence-electron chi connectivity index (χ3n) is 4.67. The van der Waals surface area contributed by atoms with E-state index in [4.69, 9.17) is 0 Å². The van der Waals surface area contributed by atoms with E-state index >= 15 is 0 Å². The van der Waals surface area contributed by atoms with Gasteiger partial charge in [0.15, 0.2) is 5.16 Å². The molecular formula is C21H24N4OS. The molecule has 1 atom stereocenters. The van der Waals surface area contributed by atoms with E-state index in [1.165, 1.54) is 17.3 Å². The van der Waals surface area contributed by atoms with Crippen LogP contribution in [-0.2, 0) is 11.3 Å². The fraction of sp³-hybridized carbons (Fsp3) is 0.286. The summed E-state index contributed by atoms with van der Waals surface area (Å²) in [6.45, 7) is 4.68. The van der Waals surface area contributed by atoms with Crippen molar-refractivity contribution in [2.24, 2.45) is 0 Å². The molecule has 5 nitrogen and oxygen atoms in total. The zero-order valence-electron chi connectivity index (χ0n) is 15.9. The summed E-state index contributed by atoms with van der Waals surface area (Å²) < 4.78 is 2.05. The maximum absolute atomic E-state index is 12.7. The fourth-order valence-corrected chi connectivity index (χ4v) is 3.72. The van der Waals surface area contributed by atoms with Gasteiger partial charge in [0.05, 0.1) is 18.3 Å². The summed E-state index contributed by atoms with van der Waals surface area (Å²) in [5.41, 5.74) is 2.31. The predicted molar refractivity (Wildman–Crippen MR) is 109 cm³/mol. The second-order valence-corrected chi connectivity index (χ2v) is 7.42. The smallest absolute Gasteiger partial charge is 0.233 e. The lowest BCUT2D eigenvalue weighted by atomic mass is 10.1. The second kappa shape index (κ2) is 8.86. The first kappa shape index (κ1) is 19.2. The minimum atomic E-state index is 0.0308. The molecule has 1 heterocycles. The molecule has 0 radical (unpaired) electrons. The first-order valence-corrected chi connectivity index (χ1v) is 9.92. The molecule has 0 fully saturated rings. The number of nitrogens with zero attached hydrogens (tertiary/aromatic N) is 4. The summed E-state index contributed by atoms with van der Waals surface area (Å²) in [5, 5.41) is 9.21. The summed E-state index contributed by atoms with van der Waals surface area (Å²) in [4.78, 5) is 14.4. The molecule has 0 aliphatic rings. The lowest BCUT2D eigenvalue weighted by molar-refractivity contribution is -0.128. The Hall–Kier alpha value is -2.60. The molecule has 1 amide bonds. The van der Waals surface area contributed by atoms with E-state index in [-0.39, 0.29) is 11.9 Å². The van der Waals surface area contributed by atoms with E-state index in [1.807, 2.05) is 74.0 Å². The largest absolute Gasteiger partial charge is 0.338 e. The molecule has 3 aromatic rings. The summed E-state index contributed by atoms with van der Waals surface area (Å²) in [5.74, 6) is 1.25. The summed E-state index contributed by atoms with van der Waals surface area (Å²) in [7, 11) is 1.85. The molecule has 0 bridgehead atoms. The number of carbonyl (C=O) groups is 1. The summed E-state index contributed by atoms with van der Waals surface area (Å²) in [6.07, 6.45) is 0. The zero-order valence-corrected chi connectivity index (χ0v) is 16.7. The van der Waals surface area contributed by atoms with Crippen LogP contribution in [0.1, 0.15) is 29.9 Å². The minimum absolute atomic E-state index is 0.0308. The van der Waals surface area contributed by atoms with Crippen LogP contribution in [0.5, 0.6) is 0 Å². The van der Waals surface area contributed by atoms with Gasteiger partial charge in [-0.15, -0.1) is 10.2 Å². The van der Waals surface area contributed by atoms with Crippen molar-refractivity contribution in [3.05, 3.63) is 77.6 Å². The molecule has 27 heavy (non-hydrogen) atoms. The Bertz CT molecular complexity index is 880. The van der Waals surface area contributed by atoms with Gasteiger partial charge in [-0.25, -0.2) is 0 Å². The molecular weight excluding hydrogens is 356 g/mol. The van der Waals surface area contributed by atoms with Gasteiger partial charge in [-0.05, 0) is 25.0 Å². The van der Waals surface area contributed by atoms with Gasteiger partial charge >= 0.3 is 0 Å². The number of aryl methyl sites for hydroxylation is 1. The predicted octanol–water partition coefficient (Wildman–Crippen LogP) is 3.95. The maximum Gasteiger partial charge on any atom is 0.233 e. The first-order chi connectivity index (χ1) is 13.1. The van der Waals surface area contributed by atoms with Crippen LogP contribution in [-0.4, -0.2) is 38.4 Å². The number of thioether (sulfide) groups is 1. The molecule has 0 N–H and O–H groups in total. The monoisotopic (exact) mass is 380 g/mol. The Morgan fingerprint density at radius 3 is 2.37 bits per heavy atom. The third-order valence-corrected chi connectivity index (χ3v) is 5.62. The number of aromatic nitrogens is 3. The topological polar surface area (TPSA) is 51.0 Å². The highest BCUT2D eigenvalue weighted by atomic mass is 32.2. The lowest BCUT2D eigenvalue weighted by Gasteiger charge is -2.25. The van der Waals surface area contributed by atoms with Crippen LogP contribution >= 0.6 is 11.8 Å². The van der Waals surface area contributed by atoms with Crippen LogP contribution in [0, 0.1) is 6.92 Å². The van der Waals surface area contributed by atoms with E-state index in [2.05, 4.69) is 22.3 Å². The Balaban J connectivity index is 1.64. The van der Waals surface area contributed by atoms with Crippen LogP contribution in [0.4, 0.5) is 0 Å². The number of benzene rings is 2. The number of hydrogen-bond acceptors (Lipinski definition) is 4. The van der Waals surface area contributed by atoms with Crippen LogP contribution < -0.4 is 0 Å². The highest BCUT2D eigenvalue weighted by molar-refractivity contribution is 7.99. The average molecular weight is 381 g/mol. The van der Waals surface area contributed by atoms with Crippen LogP contribution in [0.3, 0.4) is 0 Å². The van der Waals surface area contributed by atoms with Gasteiger partial charge in [0.25, 0.3) is 0 Å². The van der Waals surface area contributed by atoms with Crippen molar-refractivity contribution < 1.29 is 4.79 Å². The van der Waals surface area contributed by atoms with Crippen molar-refractivity contribution in [1.82, 2.24) is 19.7 Å². The molecule has 0 aliphatic heterocycles. The Kier molecular flexibility index (Phi) is 6.29. The summed E-state index contributed by atoms with van der Waals surface area (Å²) in [6, 6.07) is 20.3. The minimum Gasteiger partial charge on any atom is -0.338 e. The van der Waals surface area contributed by atoms with Crippen LogP contribution in [0.25, 0.3) is 0 Å². The van der Waals surface area contributed by atoms with Gasteiger partial charge in [0.1, 0.15) is 5.82 Å². The van der Waals surface area contributed by atoms with E-state index < -0.39 is 0 Å². The average Bonchev–Trinajstić information content (AvgIpc) is 3.06. The standard InChI is InChI=1S/C21H24N4OS/c1-16(19-12-8-5-9-13-19)24(3)20(26)15-27-21-23-22-17(2)25(21)14-18-10-6-4-7-11-18/h4-13,16H,14-15H2,1-3H3. The van der Waals surface area contributed by atoms with Crippen molar-refractivity contribution in [3.63, 3.8) is 0 Å². The van der Waals surface area contributed by atoms with Crippen molar-refractivity contribution in [3.8, 4) is 0 Å². The maximum atomic E-state index is 12.7. The van der Waals surface area contributed by atoms with E-state index in [9.17, 15) is 4.79 Å². The van der Waals surface area contributed by atoms with Gasteiger partial charge in [0, 0.05) is 7.05 Å². The van der Waals surface area contributed by atoms with Crippen molar-refractivity contribution in [2.75, 3.05) is 12.8 Å². The highest BCUT2D eigenvalue weighted by Gasteiger charge is 2.19. The van der Waals surface area contributed by atoms with E-state index in [0.29, 0.717) is 12.3 Å². The SMILES string of the molecule is Cc1nnc(SCC(=O)N(C)C(C)c2ccccc2)n1Cc1ccccc1. The first-order valence-electron chi connectivity index (χ1n) is 8.93. The van der Waals surface area contributed by atoms with Gasteiger partial charge in [-0.2, -0.15) is 0 Å². The normalized spacial score (nSPS) is 12.0. The van der Waals surface area contributed by atoms with E-state index in [0.717, 1.165) is 16.5 Å². The zero-order chi connectivity index (χ0) is 19.2. The second-order valence-electron chi connectivity index (χ2n) is 6.48. The van der Waals surface area contributed by atoms with E-state index in [1.54, 1.807) is 4.90 Å². The van der Waals surface area contributed by atoms with Crippen molar-refractivity contribution in [2.45, 2.75) is 31.6 Å². The molecule has 2 aromatic carbocycles. The Morgan fingerprint density at radius 2 is 1.70 bits per heavy atom. The third kappa shape index (κ3) is 4.77. The quantitative estimate of drug-likeness (QED) is 0.583. The molecule has 6 heteroatoms. The van der Waals surface area contributed by atoms with Gasteiger partial charge < -0.3 is 9.47 Å². The molecule has 1 unspecified atom stereocenters. The molecule has 0 spiro atoms. The molecule has 140 valence electrons. The van der Waals surface area contributed by atoms with Gasteiger partial charge in [0.2, 0.25) is 5.91 Å². The van der Waals surface area contributed by atoms with Crippen molar-refractivity contribution >= 4 is 17.7 Å². The molecule has 0 saturated carbocycles. The van der Waals surface area contributed by atoms with Gasteiger partial charge in [-0.3, -0.25) is 4.79 Å². The molecule has 0 aliphatic carbocycles. The fourth-order valence-electron chi connectivity index (χ4n) is 2.82. The molecule has 1 aromatic heterocycles. The number of carbonyl (C=O) groups excluding carboxylic acids is 1. The Morgan fingerprint density at radius 1 is 1.07 bits per heavy atom. The van der Waals surface area contributed by atoms with Crippen LogP contribution in [0.2, 0.25) is 0 Å². The van der Waals surface area contributed by atoms with Crippen molar-refractivity contribution in [1.29, 1.82) is 0 Å². The summed E-state index contributed by atoms with van der Waals surface area (Å²) >= 11 is 1.43. The Labute approximate surface area is 164 Å². The number of amides is 1. The molecule has 3 rings (SSSR count). The number of hydrogen-bond donors (Lipinski definition) is 0. The molecule has 0 saturated heterocycles. The lowest BCUT2D eigenvalue weighted by Crippen LogP contribution is -2.31. The van der Waals surface area contributed by atoms with Crippen LogP contribution in [0.15, 0.2) is 65.8 Å².